The third-order valence-electron chi connectivity index (χ3n) is 4.26. The number of allylic oxidation sites excluding steroid dienone is 1. The number of carbonyl (C=O) groups excluding carboxylic acids is 1. The SMILES string of the molecule is CNC(=O)c1c2c(nc3ccccc13)/C(=C/c1ccco1)CC2. The largest absolute Gasteiger partial charge is 0.465 e. The van der Waals surface area contributed by atoms with Crippen LogP contribution in [0.15, 0.2) is 47.1 Å². The Balaban J connectivity index is 1.97. The van der Waals surface area contributed by atoms with Crippen LogP contribution in [0, 0.1) is 0 Å². The van der Waals surface area contributed by atoms with Gasteiger partial charge in [-0.3, -0.25) is 4.79 Å². The van der Waals surface area contributed by atoms with E-state index in [1.54, 1.807) is 13.3 Å². The van der Waals surface area contributed by atoms with Crippen LogP contribution in [0.25, 0.3) is 22.6 Å². The maximum Gasteiger partial charge on any atom is 0.252 e. The molecule has 1 aliphatic carbocycles. The fourth-order valence-electron chi connectivity index (χ4n) is 3.21. The highest BCUT2D eigenvalue weighted by atomic mass is 16.3. The minimum atomic E-state index is -0.0564. The number of aromatic nitrogens is 1. The number of hydrogen-bond donors (Lipinski definition) is 1. The zero-order chi connectivity index (χ0) is 15.8. The standard InChI is InChI=1S/C19H16N2O2/c1-20-19(22)17-14-6-2-3-7-16(14)21-18-12(8-9-15(17)18)11-13-5-4-10-23-13/h2-7,10-11H,8-9H2,1H3,(H,20,22)/b12-11+. The smallest absolute Gasteiger partial charge is 0.252 e. The first-order chi connectivity index (χ1) is 11.3. The fraction of sp³-hybridized carbons (Fsp3) is 0.158. The van der Waals surface area contributed by atoms with Gasteiger partial charge in [-0.2, -0.15) is 0 Å². The van der Waals surface area contributed by atoms with Crippen molar-refractivity contribution in [1.82, 2.24) is 10.3 Å². The van der Waals surface area contributed by atoms with Gasteiger partial charge in [-0.25, -0.2) is 4.98 Å². The molecule has 0 bridgehead atoms. The summed E-state index contributed by atoms with van der Waals surface area (Å²) in [4.78, 5) is 17.2. The lowest BCUT2D eigenvalue weighted by atomic mass is 10.00. The van der Waals surface area contributed by atoms with E-state index in [1.165, 1.54) is 0 Å². The van der Waals surface area contributed by atoms with E-state index in [2.05, 4.69) is 5.32 Å². The van der Waals surface area contributed by atoms with E-state index in [9.17, 15) is 4.79 Å². The second-order valence-corrected chi connectivity index (χ2v) is 5.60. The molecule has 23 heavy (non-hydrogen) atoms. The summed E-state index contributed by atoms with van der Waals surface area (Å²) in [6.07, 6.45) is 5.36. The number of nitrogens with one attached hydrogen (secondary N) is 1. The third kappa shape index (κ3) is 2.23. The van der Waals surface area contributed by atoms with Gasteiger partial charge in [0.05, 0.1) is 23.0 Å². The lowest BCUT2D eigenvalue weighted by Crippen LogP contribution is -2.20. The van der Waals surface area contributed by atoms with E-state index in [4.69, 9.17) is 9.40 Å². The summed E-state index contributed by atoms with van der Waals surface area (Å²) in [5, 5.41) is 3.67. The quantitative estimate of drug-likeness (QED) is 0.786. The molecule has 0 unspecified atom stereocenters. The van der Waals surface area contributed by atoms with E-state index in [0.717, 1.165) is 51.9 Å². The Bertz CT molecular complexity index is 924. The average Bonchev–Trinajstić information content (AvgIpc) is 3.23. The molecule has 0 saturated heterocycles. The van der Waals surface area contributed by atoms with Gasteiger partial charge in [0.2, 0.25) is 0 Å². The van der Waals surface area contributed by atoms with Gasteiger partial charge in [0.15, 0.2) is 0 Å². The molecule has 114 valence electrons. The summed E-state index contributed by atoms with van der Waals surface area (Å²) in [5.41, 5.74) is 4.65. The van der Waals surface area contributed by atoms with Crippen molar-refractivity contribution in [3.63, 3.8) is 0 Å². The van der Waals surface area contributed by atoms with Gasteiger partial charge in [-0.15, -0.1) is 0 Å². The number of nitrogens with zero attached hydrogens (tertiary/aromatic N) is 1. The molecule has 0 atom stereocenters. The highest BCUT2D eigenvalue weighted by Gasteiger charge is 2.26. The molecule has 4 nitrogen and oxygen atoms in total. The molecule has 2 aromatic heterocycles. The number of rotatable bonds is 2. The number of amides is 1. The third-order valence-corrected chi connectivity index (χ3v) is 4.26. The highest BCUT2D eigenvalue weighted by Crippen LogP contribution is 2.37. The zero-order valence-electron chi connectivity index (χ0n) is 12.8. The van der Waals surface area contributed by atoms with Gasteiger partial charge in [-0.05, 0) is 48.3 Å². The Morgan fingerprint density at radius 2 is 2.09 bits per heavy atom. The van der Waals surface area contributed by atoms with Crippen molar-refractivity contribution in [2.24, 2.45) is 0 Å². The van der Waals surface area contributed by atoms with Crippen molar-refractivity contribution < 1.29 is 9.21 Å². The molecule has 3 aromatic rings. The van der Waals surface area contributed by atoms with Crippen LogP contribution in [0.4, 0.5) is 0 Å². The number of hydrogen-bond acceptors (Lipinski definition) is 3. The maximum absolute atomic E-state index is 12.4. The predicted molar refractivity (Wildman–Crippen MR) is 90.0 cm³/mol. The molecule has 0 saturated carbocycles. The molecule has 4 heteroatoms. The summed E-state index contributed by atoms with van der Waals surface area (Å²) >= 11 is 0. The Kier molecular flexibility index (Phi) is 3.23. The molecule has 1 aromatic carbocycles. The lowest BCUT2D eigenvalue weighted by molar-refractivity contribution is 0.0964. The number of pyridine rings is 1. The molecule has 0 aliphatic heterocycles. The van der Waals surface area contributed by atoms with Crippen molar-refractivity contribution in [1.29, 1.82) is 0 Å². The summed E-state index contributed by atoms with van der Waals surface area (Å²) in [6.45, 7) is 0. The van der Waals surface area contributed by atoms with Crippen LogP contribution in [0.1, 0.15) is 33.8 Å². The summed E-state index contributed by atoms with van der Waals surface area (Å²) in [5.74, 6) is 0.753. The van der Waals surface area contributed by atoms with Crippen molar-refractivity contribution in [3.05, 3.63) is 65.2 Å². The average molecular weight is 304 g/mol. The van der Waals surface area contributed by atoms with E-state index in [-0.39, 0.29) is 5.91 Å². The van der Waals surface area contributed by atoms with Crippen LogP contribution in [-0.4, -0.2) is 17.9 Å². The van der Waals surface area contributed by atoms with Gasteiger partial charge in [0.1, 0.15) is 5.76 Å². The molecular weight excluding hydrogens is 288 g/mol. The first kappa shape index (κ1) is 13.8. The van der Waals surface area contributed by atoms with E-state index < -0.39 is 0 Å². The van der Waals surface area contributed by atoms with Gasteiger partial charge in [0, 0.05) is 12.4 Å². The van der Waals surface area contributed by atoms with Gasteiger partial charge in [-0.1, -0.05) is 18.2 Å². The van der Waals surface area contributed by atoms with Crippen molar-refractivity contribution in [2.75, 3.05) is 7.05 Å². The molecule has 1 N–H and O–H groups in total. The number of benzene rings is 1. The molecule has 4 rings (SSSR count). The highest BCUT2D eigenvalue weighted by molar-refractivity contribution is 6.09. The van der Waals surface area contributed by atoms with E-state index >= 15 is 0 Å². The summed E-state index contributed by atoms with van der Waals surface area (Å²) < 4.78 is 5.41. The number of para-hydroxylation sites is 1. The van der Waals surface area contributed by atoms with Gasteiger partial charge >= 0.3 is 0 Å². The number of fused-ring (bicyclic) bond motifs is 2. The molecule has 2 heterocycles. The first-order valence-electron chi connectivity index (χ1n) is 7.66. The first-order valence-corrected chi connectivity index (χ1v) is 7.66. The number of carbonyl (C=O) groups is 1. The Morgan fingerprint density at radius 1 is 1.22 bits per heavy atom. The molecule has 1 amide bonds. The Labute approximate surface area is 133 Å². The second kappa shape index (κ2) is 5.39. The predicted octanol–water partition coefficient (Wildman–Crippen LogP) is 3.67. The zero-order valence-corrected chi connectivity index (χ0v) is 12.8. The van der Waals surface area contributed by atoms with Crippen molar-refractivity contribution >= 4 is 28.5 Å². The van der Waals surface area contributed by atoms with E-state index in [1.807, 2.05) is 42.5 Å². The number of furan rings is 1. The van der Waals surface area contributed by atoms with E-state index in [0.29, 0.717) is 0 Å². The van der Waals surface area contributed by atoms with Gasteiger partial charge < -0.3 is 9.73 Å². The van der Waals surface area contributed by atoms with Crippen LogP contribution >= 0.6 is 0 Å². The van der Waals surface area contributed by atoms with Crippen LogP contribution < -0.4 is 5.32 Å². The van der Waals surface area contributed by atoms with Crippen LogP contribution in [0.3, 0.4) is 0 Å². The second-order valence-electron chi connectivity index (χ2n) is 5.60. The molecule has 0 radical (unpaired) electrons. The van der Waals surface area contributed by atoms with Crippen LogP contribution in [-0.2, 0) is 6.42 Å². The maximum atomic E-state index is 12.4. The molecular formula is C19H16N2O2. The van der Waals surface area contributed by atoms with Crippen molar-refractivity contribution in [3.8, 4) is 0 Å². The summed E-state index contributed by atoms with van der Waals surface area (Å²) in [6, 6.07) is 11.6. The molecule has 0 fully saturated rings. The Morgan fingerprint density at radius 3 is 2.87 bits per heavy atom. The minimum absolute atomic E-state index is 0.0564. The normalized spacial score (nSPS) is 15.1. The van der Waals surface area contributed by atoms with Crippen LogP contribution in [0.2, 0.25) is 0 Å². The fourth-order valence-corrected chi connectivity index (χ4v) is 3.21. The monoisotopic (exact) mass is 304 g/mol. The Hall–Kier alpha value is -2.88. The lowest BCUT2D eigenvalue weighted by Gasteiger charge is -2.11. The topological polar surface area (TPSA) is 55.1 Å². The van der Waals surface area contributed by atoms with Crippen molar-refractivity contribution in [2.45, 2.75) is 12.8 Å². The molecule has 1 aliphatic rings. The van der Waals surface area contributed by atoms with Crippen LogP contribution in [0.5, 0.6) is 0 Å². The minimum Gasteiger partial charge on any atom is -0.465 e. The van der Waals surface area contributed by atoms with Gasteiger partial charge in [0.25, 0.3) is 5.91 Å². The summed E-state index contributed by atoms with van der Waals surface area (Å²) in [7, 11) is 1.67. The molecule has 0 spiro atoms.